The van der Waals surface area contributed by atoms with Crippen molar-refractivity contribution in [3.05, 3.63) is 42.0 Å². The van der Waals surface area contributed by atoms with Crippen LogP contribution in [0.2, 0.25) is 0 Å². The minimum absolute atomic E-state index is 0.0453. The van der Waals surface area contributed by atoms with Crippen molar-refractivity contribution < 1.29 is 14.3 Å². The van der Waals surface area contributed by atoms with Gasteiger partial charge in [0.15, 0.2) is 0 Å². The summed E-state index contributed by atoms with van der Waals surface area (Å²) in [5, 5.41) is 5.06. The van der Waals surface area contributed by atoms with Crippen molar-refractivity contribution in [2.75, 3.05) is 46.5 Å². The van der Waals surface area contributed by atoms with E-state index in [1.807, 2.05) is 30.3 Å². The van der Waals surface area contributed by atoms with Crippen molar-refractivity contribution in [1.82, 2.24) is 10.2 Å². The maximum absolute atomic E-state index is 12.2. The number of carbonyl (C=O) groups excluding carboxylic acids is 1. The van der Waals surface area contributed by atoms with Crippen LogP contribution >= 0.6 is 0 Å². The van der Waals surface area contributed by atoms with E-state index in [4.69, 9.17) is 9.47 Å². The van der Waals surface area contributed by atoms with E-state index in [9.17, 15) is 4.79 Å². The third-order valence-corrected chi connectivity index (χ3v) is 5.22. The monoisotopic (exact) mass is 384 g/mol. The highest BCUT2D eigenvalue weighted by Gasteiger charge is 2.09. The first-order chi connectivity index (χ1) is 13.8. The number of piperidine rings is 1. The maximum Gasteiger partial charge on any atom is 0.251 e. The number of carbonyl (C=O) groups is 1. The van der Waals surface area contributed by atoms with Gasteiger partial charge in [-0.1, -0.05) is 18.6 Å². The zero-order valence-electron chi connectivity index (χ0n) is 16.9. The van der Waals surface area contributed by atoms with E-state index in [2.05, 4.69) is 16.3 Å². The molecule has 5 nitrogen and oxygen atoms in total. The van der Waals surface area contributed by atoms with Gasteiger partial charge in [-0.2, -0.15) is 0 Å². The number of ether oxygens (including phenoxy) is 2. The topological polar surface area (TPSA) is 50.8 Å². The van der Waals surface area contributed by atoms with Crippen molar-refractivity contribution in [3.8, 4) is 5.75 Å². The van der Waals surface area contributed by atoms with Crippen molar-refractivity contribution in [3.63, 3.8) is 0 Å². The average Bonchev–Trinajstić information content (AvgIpc) is 2.74. The van der Waals surface area contributed by atoms with E-state index in [-0.39, 0.29) is 5.91 Å². The largest absolute Gasteiger partial charge is 0.494 e. The molecule has 2 aromatic carbocycles. The van der Waals surface area contributed by atoms with Gasteiger partial charge in [0, 0.05) is 32.4 Å². The molecule has 28 heavy (non-hydrogen) atoms. The van der Waals surface area contributed by atoms with Gasteiger partial charge >= 0.3 is 0 Å². The van der Waals surface area contributed by atoms with Crippen LogP contribution in [0.1, 0.15) is 42.5 Å². The van der Waals surface area contributed by atoms with Crippen LogP contribution in [-0.4, -0.2) is 57.3 Å². The molecule has 1 saturated heterocycles. The predicted molar refractivity (Wildman–Crippen MR) is 113 cm³/mol. The number of rotatable bonds is 10. The molecule has 3 rings (SSSR count). The van der Waals surface area contributed by atoms with Crippen LogP contribution in [-0.2, 0) is 4.74 Å². The average molecular weight is 385 g/mol. The van der Waals surface area contributed by atoms with Crippen molar-refractivity contribution >= 4 is 16.7 Å². The molecule has 1 amide bonds. The Morgan fingerprint density at radius 3 is 2.61 bits per heavy atom. The maximum atomic E-state index is 12.2. The number of nitrogens with zero attached hydrogens (tertiary/aromatic N) is 1. The zero-order valence-corrected chi connectivity index (χ0v) is 16.9. The molecular weight excluding hydrogens is 352 g/mol. The number of likely N-dealkylation sites (tertiary alicyclic amines) is 1. The van der Waals surface area contributed by atoms with Crippen molar-refractivity contribution in [1.29, 1.82) is 0 Å². The zero-order chi connectivity index (χ0) is 19.6. The first kappa shape index (κ1) is 20.6. The molecular formula is C23H32N2O3. The minimum Gasteiger partial charge on any atom is -0.494 e. The molecule has 1 N–H and O–H groups in total. The fourth-order valence-corrected chi connectivity index (χ4v) is 3.64. The van der Waals surface area contributed by atoms with Crippen LogP contribution in [0.4, 0.5) is 0 Å². The third-order valence-electron chi connectivity index (χ3n) is 5.22. The second kappa shape index (κ2) is 11.0. The van der Waals surface area contributed by atoms with Gasteiger partial charge in [-0.3, -0.25) is 4.79 Å². The summed E-state index contributed by atoms with van der Waals surface area (Å²) in [4.78, 5) is 14.8. The van der Waals surface area contributed by atoms with E-state index in [0.717, 1.165) is 42.5 Å². The molecule has 1 aliphatic heterocycles. The summed E-state index contributed by atoms with van der Waals surface area (Å²) in [5.41, 5.74) is 0.681. The molecule has 1 aliphatic rings. The Kier molecular flexibility index (Phi) is 8.12. The van der Waals surface area contributed by atoms with Crippen LogP contribution < -0.4 is 10.1 Å². The first-order valence-electron chi connectivity index (χ1n) is 10.4. The molecule has 2 aromatic rings. The molecule has 152 valence electrons. The molecule has 0 atom stereocenters. The Labute approximate surface area is 168 Å². The molecule has 0 spiro atoms. The lowest BCUT2D eigenvalue weighted by Gasteiger charge is -2.26. The lowest BCUT2D eigenvalue weighted by Crippen LogP contribution is -2.31. The Bertz CT molecular complexity index is 757. The molecule has 0 aliphatic carbocycles. The van der Waals surface area contributed by atoms with E-state index < -0.39 is 0 Å². The number of amides is 1. The van der Waals surface area contributed by atoms with E-state index in [1.54, 1.807) is 7.11 Å². The molecule has 0 saturated carbocycles. The van der Waals surface area contributed by atoms with Gasteiger partial charge in [0.2, 0.25) is 0 Å². The lowest BCUT2D eigenvalue weighted by atomic mass is 10.1. The van der Waals surface area contributed by atoms with E-state index >= 15 is 0 Å². The van der Waals surface area contributed by atoms with Crippen LogP contribution in [0.3, 0.4) is 0 Å². The quantitative estimate of drug-likeness (QED) is 0.632. The highest BCUT2D eigenvalue weighted by atomic mass is 16.5. The Balaban J connectivity index is 1.48. The SMILES string of the molecule is COCCCNC(=O)c1ccc2cc(OCCCN3CCCCC3)ccc2c1. The van der Waals surface area contributed by atoms with Gasteiger partial charge in [0.25, 0.3) is 5.91 Å². The Morgan fingerprint density at radius 1 is 1.00 bits per heavy atom. The Morgan fingerprint density at radius 2 is 1.79 bits per heavy atom. The molecule has 0 aromatic heterocycles. The number of hydrogen-bond acceptors (Lipinski definition) is 4. The van der Waals surface area contributed by atoms with Gasteiger partial charge in [-0.05, 0) is 73.8 Å². The second-order valence-electron chi connectivity index (χ2n) is 7.43. The lowest BCUT2D eigenvalue weighted by molar-refractivity contribution is 0.0948. The normalized spacial score (nSPS) is 14.9. The number of fused-ring (bicyclic) bond motifs is 1. The number of methoxy groups -OCH3 is 1. The number of nitrogens with one attached hydrogen (secondary N) is 1. The summed E-state index contributed by atoms with van der Waals surface area (Å²) in [6.07, 6.45) is 5.91. The summed E-state index contributed by atoms with van der Waals surface area (Å²) in [6, 6.07) is 11.9. The van der Waals surface area contributed by atoms with Crippen LogP contribution in [0, 0.1) is 0 Å². The molecule has 0 radical (unpaired) electrons. The van der Waals surface area contributed by atoms with Crippen molar-refractivity contribution in [2.24, 2.45) is 0 Å². The van der Waals surface area contributed by atoms with Crippen LogP contribution in [0.5, 0.6) is 5.75 Å². The first-order valence-corrected chi connectivity index (χ1v) is 10.4. The summed E-state index contributed by atoms with van der Waals surface area (Å²) in [6.45, 7) is 5.60. The fourth-order valence-electron chi connectivity index (χ4n) is 3.64. The van der Waals surface area contributed by atoms with Crippen LogP contribution in [0.25, 0.3) is 10.8 Å². The van der Waals surface area contributed by atoms with E-state index in [0.29, 0.717) is 18.7 Å². The number of hydrogen-bond donors (Lipinski definition) is 1. The molecule has 5 heteroatoms. The van der Waals surface area contributed by atoms with Gasteiger partial charge in [-0.15, -0.1) is 0 Å². The summed E-state index contributed by atoms with van der Waals surface area (Å²) >= 11 is 0. The van der Waals surface area contributed by atoms with E-state index in [1.165, 1.54) is 32.4 Å². The minimum atomic E-state index is -0.0453. The molecule has 0 bridgehead atoms. The third kappa shape index (κ3) is 6.21. The summed E-state index contributed by atoms with van der Waals surface area (Å²) in [7, 11) is 1.66. The smallest absolute Gasteiger partial charge is 0.251 e. The standard InChI is InChI=1S/C23H32N2O3/c1-27-15-5-11-24-23(26)21-8-7-20-18-22(10-9-19(20)17-21)28-16-6-14-25-12-3-2-4-13-25/h7-10,17-18H,2-6,11-16H2,1H3,(H,24,26). The predicted octanol–water partition coefficient (Wildman–Crippen LogP) is 3.86. The summed E-state index contributed by atoms with van der Waals surface area (Å²) in [5.74, 6) is 0.846. The van der Waals surface area contributed by atoms with Crippen LogP contribution in [0.15, 0.2) is 36.4 Å². The highest BCUT2D eigenvalue weighted by Crippen LogP contribution is 2.22. The Hall–Kier alpha value is -2.11. The highest BCUT2D eigenvalue weighted by molar-refractivity contribution is 5.98. The van der Waals surface area contributed by atoms with Crippen molar-refractivity contribution in [2.45, 2.75) is 32.1 Å². The number of benzene rings is 2. The van der Waals surface area contributed by atoms with Gasteiger partial charge in [0.1, 0.15) is 5.75 Å². The molecule has 0 unspecified atom stereocenters. The molecule has 1 fully saturated rings. The fraction of sp³-hybridized carbons (Fsp3) is 0.522. The van der Waals surface area contributed by atoms with Gasteiger partial charge in [0.05, 0.1) is 6.61 Å². The second-order valence-corrected chi connectivity index (χ2v) is 7.43. The van der Waals surface area contributed by atoms with Gasteiger partial charge in [-0.25, -0.2) is 0 Å². The summed E-state index contributed by atoms with van der Waals surface area (Å²) < 4.78 is 10.9. The molecule has 1 heterocycles. The van der Waals surface area contributed by atoms with Gasteiger partial charge < -0.3 is 19.7 Å².